The van der Waals surface area contributed by atoms with E-state index in [0.29, 0.717) is 17.8 Å². The Kier molecular flexibility index (Phi) is 5.84. The van der Waals surface area contributed by atoms with Crippen LogP contribution in [-0.4, -0.2) is 35.0 Å². The number of rotatable bonds is 5. The van der Waals surface area contributed by atoms with Gasteiger partial charge in [-0.15, -0.1) is 10.2 Å². The molecule has 0 aliphatic carbocycles. The van der Waals surface area contributed by atoms with Crippen molar-refractivity contribution in [2.24, 2.45) is 5.92 Å². The fraction of sp³-hybridized carbons (Fsp3) is 0.250. The first-order valence-electron chi connectivity index (χ1n) is 10.2. The van der Waals surface area contributed by atoms with E-state index in [1.165, 1.54) is 6.92 Å². The summed E-state index contributed by atoms with van der Waals surface area (Å²) in [6, 6.07) is 20.9. The first-order valence-corrected chi connectivity index (χ1v) is 10.2. The summed E-state index contributed by atoms with van der Waals surface area (Å²) in [5.41, 5.74) is 3.10. The quantitative estimate of drug-likeness (QED) is 0.650. The first kappa shape index (κ1) is 19.8. The second-order valence-corrected chi connectivity index (χ2v) is 7.55. The molecule has 1 amide bonds. The molecule has 1 fully saturated rings. The third-order valence-electron chi connectivity index (χ3n) is 5.37. The fourth-order valence-corrected chi connectivity index (χ4v) is 3.72. The molecule has 4 rings (SSSR count). The van der Waals surface area contributed by atoms with Crippen LogP contribution in [0.1, 0.15) is 30.1 Å². The molecule has 1 N–H and O–H groups in total. The number of piperidine rings is 1. The summed E-state index contributed by atoms with van der Waals surface area (Å²) >= 11 is 0. The zero-order chi connectivity index (χ0) is 20.9. The molecule has 0 bridgehead atoms. The van der Waals surface area contributed by atoms with Gasteiger partial charge in [-0.3, -0.25) is 9.59 Å². The third kappa shape index (κ3) is 4.54. The molecule has 0 radical (unpaired) electrons. The van der Waals surface area contributed by atoms with E-state index in [4.69, 9.17) is 0 Å². The maximum Gasteiger partial charge on any atom is 0.229 e. The molecule has 6 nitrogen and oxygen atoms in total. The van der Waals surface area contributed by atoms with Gasteiger partial charge in [-0.05, 0) is 44.0 Å². The van der Waals surface area contributed by atoms with Crippen molar-refractivity contribution in [3.63, 3.8) is 0 Å². The number of hydrogen-bond acceptors (Lipinski definition) is 5. The van der Waals surface area contributed by atoms with Crippen molar-refractivity contribution in [2.45, 2.75) is 19.8 Å². The van der Waals surface area contributed by atoms with Gasteiger partial charge in [0.25, 0.3) is 0 Å². The van der Waals surface area contributed by atoms with E-state index >= 15 is 0 Å². The van der Waals surface area contributed by atoms with Gasteiger partial charge >= 0.3 is 0 Å². The Balaban J connectivity index is 1.42. The van der Waals surface area contributed by atoms with E-state index in [0.717, 1.165) is 36.5 Å². The van der Waals surface area contributed by atoms with Crippen LogP contribution in [0.3, 0.4) is 0 Å². The van der Waals surface area contributed by atoms with Gasteiger partial charge in [0.1, 0.15) is 0 Å². The second kappa shape index (κ2) is 8.86. The molecule has 0 unspecified atom stereocenters. The van der Waals surface area contributed by atoms with Gasteiger partial charge in [-0.2, -0.15) is 0 Å². The predicted octanol–water partition coefficient (Wildman–Crippen LogP) is 4.20. The molecule has 0 spiro atoms. The number of ketones is 1. The highest BCUT2D eigenvalue weighted by atomic mass is 16.2. The molecule has 0 saturated carbocycles. The zero-order valence-electron chi connectivity index (χ0n) is 16.9. The van der Waals surface area contributed by atoms with Gasteiger partial charge in [-0.25, -0.2) is 0 Å². The highest BCUT2D eigenvalue weighted by molar-refractivity contribution is 5.97. The number of Topliss-reactive ketones (excluding diaryl/α,β-unsaturated/α-hetero) is 1. The molecular formula is C24H24N4O2. The average molecular weight is 400 g/mol. The van der Waals surface area contributed by atoms with Crippen LogP contribution in [0, 0.1) is 5.92 Å². The van der Waals surface area contributed by atoms with Crippen molar-refractivity contribution in [3.8, 4) is 11.3 Å². The number of hydrogen-bond donors (Lipinski definition) is 1. The highest BCUT2D eigenvalue weighted by Crippen LogP contribution is 2.24. The molecule has 1 aliphatic rings. The van der Waals surface area contributed by atoms with E-state index < -0.39 is 0 Å². The number of nitrogens with zero attached hydrogens (tertiary/aromatic N) is 3. The number of amides is 1. The molecule has 1 saturated heterocycles. The van der Waals surface area contributed by atoms with Crippen LogP contribution in [0.4, 0.5) is 11.5 Å². The summed E-state index contributed by atoms with van der Waals surface area (Å²) in [5.74, 6) is 0.586. The smallest absolute Gasteiger partial charge is 0.229 e. The number of nitrogens with one attached hydrogen (secondary N) is 1. The Morgan fingerprint density at radius 2 is 1.83 bits per heavy atom. The van der Waals surface area contributed by atoms with Gasteiger partial charge in [0.05, 0.1) is 11.6 Å². The van der Waals surface area contributed by atoms with Crippen LogP contribution in [0.15, 0.2) is 66.7 Å². The number of carbonyl (C=O) groups is 2. The van der Waals surface area contributed by atoms with Crippen molar-refractivity contribution >= 4 is 23.2 Å². The predicted molar refractivity (Wildman–Crippen MR) is 117 cm³/mol. The van der Waals surface area contributed by atoms with Gasteiger partial charge in [-0.1, -0.05) is 42.5 Å². The Morgan fingerprint density at radius 3 is 2.57 bits per heavy atom. The maximum atomic E-state index is 12.8. The Bertz CT molecular complexity index is 1030. The molecule has 1 atom stereocenters. The third-order valence-corrected chi connectivity index (χ3v) is 5.37. The van der Waals surface area contributed by atoms with Crippen LogP contribution < -0.4 is 10.2 Å². The van der Waals surface area contributed by atoms with E-state index in [9.17, 15) is 9.59 Å². The van der Waals surface area contributed by atoms with E-state index in [-0.39, 0.29) is 17.6 Å². The molecule has 1 aromatic heterocycles. The maximum absolute atomic E-state index is 12.8. The van der Waals surface area contributed by atoms with Gasteiger partial charge in [0, 0.05) is 29.9 Å². The molecule has 6 heteroatoms. The number of carbonyl (C=O) groups excluding carboxylic acids is 2. The molecule has 152 valence electrons. The van der Waals surface area contributed by atoms with E-state index in [1.807, 2.05) is 42.5 Å². The van der Waals surface area contributed by atoms with Crippen LogP contribution >= 0.6 is 0 Å². The summed E-state index contributed by atoms with van der Waals surface area (Å²) in [6.07, 6.45) is 1.73. The number of anilines is 2. The molecule has 30 heavy (non-hydrogen) atoms. The molecule has 3 aromatic rings. The lowest BCUT2D eigenvalue weighted by Crippen LogP contribution is -2.41. The van der Waals surface area contributed by atoms with Crippen LogP contribution in [0.5, 0.6) is 0 Å². The minimum atomic E-state index is -0.143. The largest absolute Gasteiger partial charge is 0.354 e. The minimum Gasteiger partial charge on any atom is -0.354 e. The lowest BCUT2D eigenvalue weighted by molar-refractivity contribution is -0.120. The van der Waals surface area contributed by atoms with E-state index in [1.54, 1.807) is 24.3 Å². The normalized spacial score (nSPS) is 16.2. The van der Waals surface area contributed by atoms with Crippen molar-refractivity contribution in [3.05, 3.63) is 72.3 Å². The SMILES string of the molecule is CC(=O)c1cccc(NC(=O)[C@H]2CCCN(c3ccc(-c4ccccc4)nn3)C2)c1. The first-order chi connectivity index (χ1) is 14.6. The zero-order valence-corrected chi connectivity index (χ0v) is 16.9. The molecular weight excluding hydrogens is 376 g/mol. The highest BCUT2D eigenvalue weighted by Gasteiger charge is 2.27. The van der Waals surface area contributed by atoms with Crippen molar-refractivity contribution < 1.29 is 9.59 Å². The lowest BCUT2D eigenvalue weighted by atomic mass is 9.97. The Hall–Kier alpha value is -3.54. The van der Waals surface area contributed by atoms with Gasteiger partial charge < -0.3 is 10.2 Å². The number of benzene rings is 2. The van der Waals surface area contributed by atoms with Crippen molar-refractivity contribution in [1.29, 1.82) is 0 Å². The molecule has 2 aromatic carbocycles. The van der Waals surface area contributed by atoms with Crippen LogP contribution in [0.25, 0.3) is 11.3 Å². The van der Waals surface area contributed by atoms with Crippen molar-refractivity contribution in [1.82, 2.24) is 10.2 Å². The van der Waals surface area contributed by atoms with Crippen LogP contribution in [0.2, 0.25) is 0 Å². The van der Waals surface area contributed by atoms with Crippen molar-refractivity contribution in [2.75, 3.05) is 23.3 Å². The average Bonchev–Trinajstić information content (AvgIpc) is 2.80. The summed E-state index contributed by atoms with van der Waals surface area (Å²) < 4.78 is 0. The summed E-state index contributed by atoms with van der Waals surface area (Å²) in [6.45, 7) is 2.96. The molecule has 2 heterocycles. The Labute approximate surface area is 175 Å². The standard InChI is InChI=1S/C24H24N4O2/c1-17(29)19-9-5-11-21(15-19)25-24(30)20-10-6-14-28(16-20)23-13-12-22(26-27-23)18-7-3-2-4-8-18/h2-5,7-9,11-13,15,20H,6,10,14,16H2,1H3,(H,25,30)/t20-/m0/s1. The van der Waals surface area contributed by atoms with Crippen LogP contribution in [-0.2, 0) is 4.79 Å². The molecule has 1 aliphatic heterocycles. The summed E-state index contributed by atoms with van der Waals surface area (Å²) in [4.78, 5) is 26.5. The Morgan fingerprint density at radius 1 is 1.00 bits per heavy atom. The second-order valence-electron chi connectivity index (χ2n) is 7.55. The van der Waals surface area contributed by atoms with Gasteiger partial charge in [0.2, 0.25) is 5.91 Å². The fourth-order valence-electron chi connectivity index (χ4n) is 3.72. The summed E-state index contributed by atoms with van der Waals surface area (Å²) in [5, 5.41) is 11.7. The number of aromatic nitrogens is 2. The van der Waals surface area contributed by atoms with Gasteiger partial charge in [0.15, 0.2) is 11.6 Å². The lowest BCUT2D eigenvalue weighted by Gasteiger charge is -2.32. The monoisotopic (exact) mass is 400 g/mol. The van der Waals surface area contributed by atoms with E-state index in [2.05, 4.69) is 20.4 Å². The topological polar surface area (TPSA) is 75.2 Å². The summed E-state index contributed by atoms with van der Waals surface area (Å²) in [7, 11) is 0. The minimum absolute atomic E-state index is 0.0209.